The van der Waals surface area contributed by atoms with Crippen molar-refractivity contribution in [2.45, 2.75) is 88.6 Å². The quantitative estimate of drug-likeness (QED) is 0.383. The summed E-state index contributed by atoms with van der Waals surface area (Å²) in [6.45, 7) is 8.08. The Bertz CT molecular complexity index is 825. The van der Waals surface area contributed by atoms with E-state index in [9.17, 15) is 15.0 Å². The summed E-state index contributed by atoms with van der Waals surface area (Å²) in [7, 11) is -2.66. The SMILES string of the molecule is C[C@]12CCC(=O)C=C1CCC1C2[C@@H](O)C[C@@]2(C)C1CC[C@]2(O)[C@H](Cl)[Si](C)(C)OC#N. The van der Waals surface area contributed by atoms with Crippen LogP contribution in [0, 0.1) is 40.1 Å². The molecular formula is C23H34ClNO4Si. The molecule has 5 nitrogen and oxygen atoms in total. The molecule has 0 aliphatic heterocycles. The summed E-state index contributed by atoms with van der Waals surface area (Å²) < 4.78 is 5.37. The minimum absolute atomic E-state index is 0.111. The van der Waals surface area contributed by atoms with Crippen molar-refractivity contribution in [2.75, 3.05) is 0 Å². The number of nitriles is 1. The average molecular weight is 452 g/mol. The van der Waals surface area contributed by atoms with E-state index in [1.54, 1.807) is 6.26 Å². The standard InChI is InChI=1S/C23H34ClNO4Si/c1-21-9-7-15(26)11-14(21)5-6-16-17-8-10-23(28,20(24)30(3,4)29-13-25)22(17,2)12-18(27)19(16)21/h11,16-20,27-28H,5-10,12H2,1-4H3/t16?,17?,18-,19?,20+,21-,22-,23-/m0/s1. The van der Waals surface area contributed by atoms with Gasteiger partial charge in [0, 0.05) is 11.8 Å². The van der Waals surface area contributed by atoms with Crippen molar-refractivity contribution >= 4 is 25.7 Å². The van der Waals surface area contributed by atoms with Gasteiger partial charge in [0.15, 0.2) is 5.78 Å². The molecule has 0 spiro atoms. The molecule has 4 aliphatic carbocycles. The number of allylic oxidation sites excluding steroid dienone is 1. The molecule has 8 atom stereocenters. The Morgan fingerprint density at radius 2 is 2.00 bits per heavy atom. The minimum atomic E-state index is -2.66. The number of hydrogen-bond donors (Lipinski definition) is 2. The summed E-state index contributed by atoms with van der Waals surface area (Å²) >= 11 is 6.89. The van der Waals surface area contributed by atoms with Crippen LogP contribution in [0.25, 0.3) is 0 Å². The van der Waals surface area contributed by atoms with Crippen LogP contribution in [0.2, 0.25) is 13.1 Å². The van der Waals surface area contributed by atoms with Gasteiger partial charge >= 0.3 is 0 Å². The second-order valence-electron chi connectivity index (χ2n) is 11.2. The third kappa shape index (κ3) is 2.88. The molecule has 30 heavy (non-hydrogen) atoms. The molecule has 0 aromatic carbocycles. The lowest BCUT2D eigenvalue weighted by molar-refractivity contribution is -0.168. The van der Waals surface area contributed by atoms with Gasteiger partial charge in [-0.1, -0.05) is 19.4 Å². The normalized spacial score (nSPS) is 46.7. The van der Waals surface area contributed by atoms with Crippen molar-refractivity contribution in [1.82, 2.24) is 0 Å². The Kier molecular flexibility index (Phi) is 5.26. The van der Waals surface area contributed by atoms with E-state index in [1.807, 2.05) is 19.2 Å². The Morgan fingerprint density at radius 1 is 1.30 bits per heavy atom. The molecule has 3 unspecified atom stereocenters. The fraction of sp³-hybridized carbons (Fsp3) is 0.826. The van der Waals surface area contributed by atoms with Crippen molar-refractivity contribution in [3.8, 4) is 6.26 Å². The van der Waals surface area contributed by atoms with Crippen molar-refractivity contribution in [1.29, 1.82) is 5.26 Å². The number of ketones is 1. The number of fused-ring (bicyclic) bond motifs is 5. The molecule has 0 heterocycles. The van der Waals surface area contributed by atoms with E-state index in [-0.39, 0.29) is 23.0 Å². The third-order valence-electron chi connectivity index (χ3n) is 9.45. The topological polar surface area (TPSA) is 90.6 Å². The predicted octanol–water partition coefficient (Wildman–Crippen LogP) is 4.07. The van der Waals surface area contributed by atoms with Crippen LogP contribution in [0.15, 0.2) is 11.6 Å². The minimum Gasteiger partial charge on any atom is -0.481 e. The monoisotopic (exact) mass is 451 g/mol. The first kappa shape index (κ1) is 22.3. The van der Waals surface area contributed by atoms with Crippen LogP contribution in [0.4, 0.5) is 0 Å². The van der Waals surface area contributed by atoms with Crippen molar-refractivity contribution in [3.63, 3.8) is 0 Å². The molecule has 4 rings (SSSR count). The van der Waals surface area contributed by atoms with E-state index in [0.717, 1.165) is 25.7 Å². The maximum Gasteiger partial charge on any atom is 0.282 e. The molecule has 0 aromatic heterocycles. The molecule has 0 aromatic rings. The van der Waals surface area contributed by atoms with Gasteiger partial charge in [-0.15, -0.1) is 11.6 Å². The number of carbonyl (C=O) groups excluding carboxylic acids is 1. The molecule has 0 radical (unpaired) electrons. The van der Waals surface area contributed by atoms with E-state index < -0.39 is 30.4 Å². The van der Waals surface area contributed by atoms with Crippen LogP contribution in [0.3, 0.4) is 0 Å². The maximum atomic E-state index is 12.0. The lowest BCUT2D eigenvalue weighted by Gasteiger charge is -2.61. The summed E-state index contributed by atoms with van der Waals surface area (Å²) in [5.74, 6) is 0.884. The number of nitrogens with zero attached hydrogens (tertiary/aromatic N) is 1. The second-order valence-corrected chi connectivity index (χ2v) is 16.0. The summed E-state index contributed by atoms with van der Waals surface area (Å²) in [6, 6.07) is 0. The van der Waals surface area contributed by atoms with Gasteiger partial charge in [0.25, 0.3) is 14.6 Å². The smallest absolute Gasteiger partial charge is 0.282 e. The Morgan fingerprint density at radius 3 is 2.67 bits per heavy atom. The van der Waals surface area contributed by atoms with Gasteiger partial charge in [-0.25, -0.2) is 0 Å². The summed E-state index contributed by atoms with van der Waals surface area (Å²) in [6.07, 6.45) is 8.20. The van der Waals surface area contributed by atoms with Gasteiger partial charge in [-0.2, -0.15) is 5.26 Å². The van der Waals surface area contributed by atoms with Crippen molar-refractivity contribution < 1.29 is 19.4 Å². The van der Waals surface area contributed by atoms with E-state index >= 15 is 0 Å². The average Bonchev–Trinajstić information content (AvgIpc) is 2.93. The second kappa shape index (κ2) is 7.06. The van der Waals surface area contributed by atoms with Crippen molar-refractivity contribution in [3.05, 3.63) is 11.6 Å². The van der Waals surface area contributed by atoms with Crippen molar-refractivity contribution in [2.24, 2.45) is 28.6 Å². The first-order chi connectivity index (χ1) is 13.9. The van der Waals surface area contributed by atoms with E-state index in [4.69, 9.17) is 21.3 Å². The van der Waals surface area contributed by atoms with Gasteiger partial charge in [-0.3, -0.25) is 4.79 Å². The zero-order chi connectivity index (χ0) is 22.1. The highest BCUT2D eigenvalue weighted by Gasteiger charge is 2.69. The number of halogens is 1. The van der Waals surface area contributed by atoms with E-state index in [1.165, 1.54) is 5.57 Å². The molecule has 4 aliphatic rings. The summed E-state index contributed by atoms with van der Waals surface area (Å²) in [5.41, 5.74) is -0.624. The van der Waals surface area contributed by atoms with Crippen LogP contribution in [0.1, 0.15) is 58.8 Å². The van der Waals surface area contributed by atoms with Gasteiger partial charge in [0.2, 0.25) is 0 Å². The van der Waals surface area contributed by atoms with Crippen LogP contribution in [0.5, 0.6) is 0 Å². The fourth-order valence-electron chi connectivity index (χ4n) is 7.89. The molecule has 0 bridgehead atoms. The largest absolute Gasteiger partial charge is 0.481 e. The number of rotatable bonds is 3. The van der Waals surface area contributed by atoms with Crippen LogP contribution >= 0.6 is 11.6 Å². The Balaban J connectivity index is 1.70. The number of hydrogen-bond acceptors (Lipinski definition) is 5. The Labute approximate surface area is 185 Å². The number of alkyl halides is 1. The van der Waals surface area contributed by atoms with Gasteiger partial charge in [-0.05, 0) is 80.9 Å². The zero-order valence-electron chi connectivity index (χ0n) is 18.4. The highest BCUT2D eigenvalue weighted by Crippen LogP contribution is 2.68. The van der Waals surface area contributed by atoms with Crippen LogP contribution in [-0.2, 0) is 9.22 Å². The molecule has 7 heteroatoms. The molecule has 0 saturated heterocycles. The van der Waals surface area contributed by atoms with Crippen LogP contribution < -0.4 is 0 Å². The van der Waals surface area contributed by atoms with E-state index in [2.05, 4.69) is 13.8 Å². The first-order valence-corrected chi connectivity index (χ1v) is 14.7. The number of aliphatic hydroxyl groups is 2. The molecule has 166 valence electrons. The Hall–Kier alpha value is -0.873. The summed E-state index contributed by atoms with van der Waals surface area (Å²) in [4.78, 5) is 12.0. The third-order valence-corrected chi connectivity index (χ3v) is 13.7. The zero-order valence-corrected chi connectivity index (χ0v) is 20.2. The van der Waals surface area contributed by atoms with Crippen LogP contribution in [-0.4, -0.2) is 41.0 Å². The van der Waals surface area contributed by atoms with Gasteiger partial charge < -0.3 is 14.6 Å². The molecule has 0 amide bonds. The highest BCUT2D eigenvalue weighted by molar-refractivity contribution is 6.80. The van der Waals surface area contributed by atoms with E-state index in [0.29, 0.717) is 25.2 Å². The van der Waals surface area contributed by atoms with Gasteiger partial charge in [0.05, 0.1) is 16.7 Å². The highest BCUT2D eigenvalue weighted by atomic mass is 35.5. The predicted molar refractivity (Wildman–Crippen MR) is 117 cm³/mol. The lowest BCUT2D eigenvalue weighted by atomic mass is 9.45. The number of carbonyl (C=O) groups is 1. The summed E-state index contributed by atoms with van der Waals surface area (Å²) in [5, 5.41) is 31.9. The molecule has 3 saturated carbocycles. The molecular weight excluding hydrogens is 418 g/mol. The fourth-order valence-corrected chi connectivity index (χ4v) is 10.3. The first-order valence-electron chi connectivity index (χ1n) is 11.3. The lowest BCUT2D eigenvalue weighted by Crippen LogP contribution is -2.65. The van der Waals surface area contributed by atoms with Gasteiger partial charge in [0.1, 0.15) is 0 Å². The molecule has 3 fully saturated rings. The molecule has 2 N–H and O–H groups in total. The number of aliphatic hydroxyl groups excluding tert-OH is 1. The maximum absolute atomic E-state index is 12.0.